The van der Waals surface area contributed by atoms with Gasteiger partial charge in [0, 0.05) is 13.0 Å². The van der Waals surface area contributed by atoms with Gasteiger partial charge in [0.05, 0.1) is 32.5 Å². The molecule has 0 bridgehead atoms. The van der Waals surface area contributed by atoms with Crippen LogP contribution in [0.3, 0.4) is 0 Å². The van der Waals surface area contributed by atoms with E-state index in [-0.39, 0.29) is 18.0 Å². The molecule has 2 aromatic rings. The number of aryl methyl sites for hydroxylation is 1. The van der Waals surface area contributed by atoms with Crippen molar-refractivity contribution >= 4 is 11.9 Å². The number of piperidine rings is 1. The number of benzene rings is 2. The lowest BCUT2D eigenvalue weighted by Crippen LogP contribution is -2.31. The van der Waals surface area contributed by atoms with Crippen LogP contribution in [0.2, 0.25) is 0 Å². The quantitative estimate of drug-likeness (QED) is 0.201. The Morgan fingerprint density at radius 1 is 0.868 bits per heavy atom. The maximum Gasteiger partial charge on any atom is 0.337 e. The predicted octanol–water partition coefficient (Wildman–Crippen LogP) is 5.84. The number of carbonyl (C=O) groups is 2. The van der Waals surface area contributed by atoms with Crippen LogP contribution in [0.5, 0.6) is 11.5 Å². The van der Waals surface area contributed by atoms with Crippen LogP contribution in [0.4, 0.5) is 0 Å². The van der Waals surface area contributed by atoms with Crippen molar-refractivity contribution in [3.63, 3.8) is 0 Å². The Hall–Kier alpha value is -3.06. The number of nitrogens with zero attached hydrogens (tertiary/aromatic N) is 1. The zero-order valence-electron chi connectivity index (χ0n) is 23.0. The third-order valence-corrected chi connectivity index (χ3v) is 7.00. The second kappa shape index (κ2) is 16.7. The molecule has 2 aromatic carbocycles. The molecule has 0 N–H and O–H groups in total. The molecule has 1 atom stereocenters. The number of para-hydroxylation sites is 1. The first kappa shape index (κ1) is 29.5. The van der Waals surface area contributed by atoms with Gasteiger partial charge in [-0.25, -0.2) is 4.79 Å². The fourth-order valence-corrected chi connectivity index (χ4v) is 4.81. The van der Waals surface area contributed by atoms with Crippen LogP contribution in [-0.4, -0.2) is 63.4 Å². The number of hydrogen-bond donors (Lipinski definition) is 0. The van der Waals surface area contributed by atoms with Crippen LogP contribution >= 0.6 is 0 Å². The van der Waals surface area contributed by atoms with Crippen LogP contribution in [0.15, 0.2) is 48.5 Å². The second-order valence-corrected chi connectivity index (χ2v) is 9.83. The Morgan fingerprint density at radius 3 is 2.37 bits per heavy atom. The minimum Gasteiger partial charge on any atom is -0.493 e. The largest absolute Gasteiger partial charge is 0.493 e. The van der Waals surface area contributed by atoms with Gasteiger partial charge < -0.3 is 23.8 Å². The molecule has 0 aliphatic carbocycles. The molecule has 3 rings (SSSR count). The summed E-state index contributed by atoms with van der Waals surface area (Å²) in [5.41, 5.74) is 1.66. The minimum atomic E-state index is -0.372. The molecule has 1 fully saturated rings. The Morgan fingerprint density at radius 2 is 1.63 bits per heavy atom. The van der Waals surface area contributed by atoms with Gasteiger partial charge in [-0.2, -0.15) is 0 Å². The molecule has 0 spiro atoms. The van der Waals surface area contributed by atoms with E-state index in [1.54, 1.807) is 24.3 Å². The van der Waals surface area contributed by atoms with Crippen LogP contribution in [0, 0.1) is 0 Å². The predicted molar refractivity (Wildman–Crippen MR) is 148 cm³/mol. The van der Waals surface area contributed by atoms with E-state index in [2.05, 4.69) is 11.0 Å². The van der Waals surface area contributed by atoms with Gasteiger partial charge in [0.15, 0.2) is 0 Å². The van der Waals surface area contributed by atoms with Crippen LogP contribution in [0.1, 0.15) is 73.7 Å². The van der Waals surface area contributed by atoms with Crippen molar-refractivity contribution in [1.29, 1.82) is 0 Å². The van der Waals surface area contributed by atoms with Crippen LogP contribution in [0.25, 0.3) is 0 Å². The van der Waals surface area contributed by atoms with E-state index in [0.29, 0.717) is 24.3 Å². The van der Waals surface area contributed by atoms with Gasteiger partial charge in [-0.1, -0.05) is 24.6 Å². The number of hydrogen-bond acceptors (Lipinski definition) is 7. The van der Waals surface area contributed by atoms with E-state index in [4.69, 9.17) is 18.9 Å². The van der Waals surface area contributed by atoms with Crippen molar-refractivity contribution < 1.29 is 28.5 Å². The monoisotopic (exact) mass is 525 g/mol. The first-order valence-electron chi connectivity index (χ1n) is 13.9. The number of likely N-dealkylation sites (tertiary alicyclic amines) is 1. The number of ether oxygens (including phenoxy) is 4. The van der Waals surface area contributed by atoms with Gasteiger partial charge in [-0.3, -0.25) is 4.79 Å². The Bertz CT molecular complexity index is 971. The topological polar surface area (TPSA) is 74.3 Å². The van der Waals surface area contributed by atoms with Crippen LogP contribution in [-0.2, 0) is 20.7 Å². The van der Waals surface area contributed by atoms with E-state index in [1.807, 2.05) is 18.2 Å². The summed E-state index contributed by atoms with van der Waals surface area (Å²) in [6, 6.07) is 15.3. The highest BCUT2D eigenvalue weighted by Gasteiger charge is 2.15. The first-order chi connectivity index (χ1) is 18.6. The zero-order chi connectivity index (χ0) is 27.0. The van der Waals surface area contributed by atoms with E-state index in [0.717, 1.165) is 50.8 Å². The molecule has 0 aromatic heterocycles. The van der Waals surface area contributed by atoms with E-state index < -0.39 is 0 Å². The molecule has 0 amide bonds. The van der Waals surface area contributed by atoms with Crippen molar-refractivity contribution in [3.8, 4) is 11.5 Å². The van der Waals surface area contributed by atoms with Crippen molar-refractivity contribution in [3.05, 3.63) is 59.7 Å². The number of rotatable bonds is 16. The van der Waals surface area contributed by atoms with Crippen molar-refractivity contribution in [2.24, 2.45) is 0 Å². The van der Waals surface area contributed by atoms with Gasteiger partial charge in [-0.15, -0.1) is 0 Å². The van der Waals surface area contributed by atoms with Gasteiger partial charge in [0.25, 0.3) is 0 Å². The van der Waals surface area contributed by atoms with E-state index in [9.17, 15) is 9.59 Å². The molecule has 1 unspecified atom stereocenters. The molecule has 7 heteroatoms. The van der Waals surface area contributed by atoms with Crippen molar-refractivity contribution in [2.75, 3.05) is 40.5 Å². The van der Waals surface area contributed by atoms with Crippen molar-refractivity contribution in [1.82, 2.24) is 4.90 Å². The summed E-state index contributed by atoms with van der Waals surface area (Å²) in [6.45, 7) is 4.23. The zero-order valence-corrected chi connectivity index (χ0v) is 23.0. The SMILES string of the molecule is COC(=O)CCCCC(CCc1ccccc1OCCCN1CCCCC1)Oc1ccc(C(=O)OC)cc1. The molecule has 1 saturated heterocycles. The fourth-order valence-electron chi connectivity index (χ4n) is 4.81. The maximum absolute atomic E-state index is 11.8. The highest BCUT2D eigenvalue weighted by molar-refractivity contribution is 5.89. The highest BCUT2D eigenvalue weighted by Crippen LogP contribution is 2.24. The highest BCUT2D eigenvalue weighted by atomic mass is 16.5. The average molecular weight is 526 g/mol. The Balaban J connectivity index is 1.54. The van der Waals surface area contributed by atoms with Gasteiger partial charge in [0.1, 0.15) is 11.5 Å². The fraction of sp³-hybridized carbons (Fsp3) is 0.548. The number of carbonyl (C=O) groups excluding carboxylic acids is 2. The normalized spacial score (nSPS) is 14.5. The molecule has 1 aliphatic rings. The molecule has 0 saturated carbocycles. The lowest BCUT2D eigenvalue weighted by molar-refractivity contribution is -0.140. The molecule has 1 aliphatic heterocycles. The summed E-state index contributed by atoms with van der Waals surface area (Å²) in [5, 5.41) is 0. The Labute approximate surface area is 227 Å². The Kier molecular flexibility index (Phi) is 13.0. The minimum absolute atomic E-state index is 0.0382. The van der Waals surface area contributed by atoms with Gasteiger partial charge in [0.2, 0.25) is 0 Å². The summed E-state index contributed by atoms with van der Waals surface area (Å²) in [5.74, 6) is 1.09. The number of unbranched alkanes of at least 4 members (excludes halogenated alkanes) is 1. The summed E-state index contributed by atoms with van der Waals surface area (Å²) in [4.78, 5) is 25.8. The smallest absolute Gasteiger partial charge is 0.337 e. The molecule has 7 nitrogen and oxygen atoms in total. The second-order valence-electron chi connectivity index (χ2n) is 9.83. The number of methoxy groups -OCH3 is 2. The van der Waals surface area contributed by atoms with E-state index in [1.165, 1.54) is 52.1 Å². The molecular formula is C31H43NO6. The lowest BCUT2D eigenvalue weighted by atomic mass is 10.0. The third-order valence-electron chi connectivity index (χ3n) is 7.00. The van der Waals surface area contributed by atoms with E-state index >= 15 is 0 Å². The summed E-state index contributed by atoms with van der Waals surface area (Å²) >= 11 is 0. The van der Waals surface area contributed by atoms with Crippen LogP contribution < -0.4 is 9.47 Å². The van der Waals surface area contributed by atoms with Crippen molar-refractivity contribution in [2.45, 2.75) is 70.3 Å². The number of esters is 2. The summed E-state index contributed by atoms with van der Waals surface area (Å²) < 4.78 is 22.1. The van der Waals surface area contributed by atoms with Gasteiger partial charge in [-0.05, 0) is 100 Å². The third kappa shape index (κ3) is 10.4. The first-order valence-corrected chi connectivity index (χ1v) is 13.9. The molecular weight excluding hydrogens is 482 g/mol. The lowest BCUT2D eigenvalue weighted by Gasteiger charge is -2.26. The molecule has 208 valence electrons. The molecule has 0 radical (unpaired) electrons. The summed E-state index contributed by atoms with van der Waals surface area (Å²) in [6.07, 6.45) is 9.44. The average Bonchev–Trinajstić information content (AvgIpc) is 2.97. The van der Waals surface area contributed by atoms with Gasteiger partial charge >= 0.3 is 11.9 Å². The summed E-state index contributed by atoms with van der Waals surface area (Å²) in [7, 11) is 2.78. The molecule has 1 heterocycles. The standard InChI is InChI=1S/C31H43NO6/c1-35-30(33)14-7-5-12-27(38-28-19-16-26(17-20-28)31(34)36-2)18-15-25-11-4-6-13-29(25)37-24-10-23-32-21-8-3-9-22-32/h4,6,11,13,16-17,19-20,27H,3,5,7-10,12,14-15,18,21-24H2,1-2H3. The molecule has 38 heavy (non-hydrogen) atoms. The maximum atomic E-state index is 11.8.